The third-order valence-electron chi connectivity index (χ3n) is 4.17. The number of anilines is 2. The number of amides is 1. The summed E-state index contributed by atoms with van der Waals surface area (Å²) in [5, 5.41) is 0. The molecule has 1 aromatic heterocycles. The number of nitrogens with two attached hydrogens (primary N) is 1. The molecule has 8 heteroatoms. The maximum Gasteiger partial charge on any atom is 0.259 e. The first-order valence-electron chi connectivity index (χ1n) is 8.45. The number of aromatic nitrogens is 2. The molecule has 0 fully saturated rings. The maximum atomic E-state index is 13.2. The number of hydrogen-bond donors (Lipinski definition) is 1. The standard InChI is InChI=1S/C20H20N4O3S/c1-13-22-12-15(19(21)23-13)24(2)20(25)14-8-4-6-10-17(14)28(26)18-11-7-5-9-16(18)27-3/h4-12H,1-3H3,(H2,21,22,23). The Bertz CT molecular complexity index is 1060. The summed E-state index contributed by atoms with van der Waals surface area (Å²) in [5.41, 5.74) is 6.63. The van der Waals surface area contributed by atoms with Gasteiger partial charge in [-0.05, 0) is 31.2 Å². The molecule has 0 saturated carbocycles. The predicted molar refractivity (Wildman–Crippen MR) is 108 cm³/mol. The van der Waals surface area contributed by atoms with Crippen LogP contribution in [0.25, 0.3) is 0 Å². The molecule has 3 rings (SSSR count). The van der Waals surface area contributed by atoms with Crippen molar-refractivity contribution in [2.75, 3.05) is 24.8 Å². The number of carbonyl (C=O) groups is 1. The van der Waals surface area contributed by atoms with Crippen molar-refractivity contribution >= 4 is 28.2 Å². The van der Waals surface area contributed by atoms with Gasteiger partial charge in [0.05, 0.1) is 39.5 Å². The van der Waals surface area contributed by atoms with E-state index in [-0.39, 0.29) is 11.7 Å². The van der Waals surface area contributed by atoms with Crippen LogP contribution in [0.15, 0.2) is 64.5 Å². The van der Waals surface area contributed by atoms with E-state index in [9.17, 15) is 9.00 Å². The predicted octanol–water partition coefficient (Wildman–Crippen LogP) is 2.82. The summed E-state index contributed by atoms with van der Waals surface area (Å²) in [5.74, 6) is 0.845. The number of methoxy groups -OCH3 is 1. The van der Waals surface area contributed by atoms with Crippen LogP contribution in [0.2, 0.25) is 0 Å². The molecule has 0 saturated heterocycles. The summed E-state index contributed by atoms with van der Waals surface area (Å²) in [6.07, 6.45) is 1.50. The molecule has 2 N–H and O–H groups in total. The molecule has 1 heterocycles. The molecule has 0 aliphatic rings. The van der Waals surface area contributed by atoms with Crippen LogP contribution >= 0.6 is 0 Å². The number of nitrogen functional groups attached to an aromatic ring is 1. The van der Waals surface area contributed by atoms with Gasteiger partial charge >= 0.3 is 0 Å². The van der Waals surface area contributed by atoms with Crippen LogP contribution in [0.3, 0.4) is 0 Å². The van der Waals surface area contributed by atoms with Crippen LogP contribution in [-0.2, 0) is 10.8 Å². The first-order valence-corrected chi connectivity index (χ1v) is 9.60. The van der Waals surface area contributed by atoms with E-state index >= 15 is 0 Å². The first kappa shape index (κ1) is 19.5. The van der Waals surface area contributed by atoms with Gasteiger partial charge < -0.3 is 15.4 Å². The second-order valence-electron chi connectivity index (χ2n) is 5.97. The highest BCUT2D eigenvalue weighted by Gasteiger charge is 2.23. The summed E-state index contributed by atoms with van der Waals surface area (Å²) in [4.78, 5) is 23.6. The van der Waals surface area contributed by atoms with E-state index in [1.54, 1.807) is 62.5 Å². The normalized spacial score (nSPS) is 11.7. The Morgan fingerprint density at radius 1 is 1.11 bits per heavy atom. The fourth-order valence-corrected chi connectivity index (χ4v) is 4.06. The minimum atomic E-state index is -1.61. The van der Waals surface area contributed by atoms with Crippen LogP contribution < -0.4 is 15.4 Å². The van der Waals surface area contributed by atoms with Gasteiger partial charge in [0.2, 0.25) is 0 Å². The Kier molecular flexibility index (Phi) is 5.70. The zero-order valence-corrected chi connectivity index (χ0v) is 16.6. The Labute approximate surface area is 165 Å². The molecule has 1 atom stereocenters. The van der Waals surface area contributed by atoms with E-state index in [0.717, 1.165) is 0 Å². The van der Waals surface area contributed by atoms with Gasteiger partial charge in [-0.2, -0.15) is 0 Å². The number of para-hydroxylation sites is 1. The molecule has 3 aromatic rings. The Balaban J connectivity index is 2.02. The number of benzene rings is 2. The summed E-state index contributed by atoms with van der Waals surface area (Å²) >= 11 is 0. The van der Waals surface area contributed by atoms with Crippen LogP contribution in [-0.4, -0.2) is 34.2 Å². The quantitative estimate of drug-likeness (QED) is 0.712. The van der Waals surface area contributed by atoms with E-state index in [1.807, 2.05) is 0 Å². The zero-order valence-electron chi connectivity index (χ0n) is 15.7. The Morgan fingerprint density at radius 2 is 1.75 bits per heavy atom. The smallest absolute Gasteiger partial charge is 0.259 e. The molecule has 144 valence electrons. The topological polar surface area (TPSA) is 98.4 Å². The monoisotopic (exact) mass is 396 g/mol. The molecule has 0 aliphatic heterocycles. The van der Waals surface area contributed by atoms with E-state index in [4.69, 9.17) is 10.5 Å². The average molecular weight is 396 g/mol. The summed E-state index contributed by atoms with van der Waals surface area (Å²) in [7, 11) is 1.49. The Hall–Kier alpha value is -3.26. The van der Waals surface area contributed by atoms with E-state index in [0.29, 0.717) is 32.6 Å². The van der Waals surface area contributed by atoms with Gasteiger partial charge in [-0.15, -0.1) is 0 Å². The molecule has 28 heavy (non-hydrogen) atoms. The van der Waals surface area contributed by atoms with Crippen LogP contribution in [0.4, 0.5) is 11.5 Å². The van der Waals surface area contributed by atoms with Crippen molar-refractivity contribution in [1.29, 1.82) is 0 Å². The number of carbonyl (C=O) groups excluding carboxylic acids is 1. The lowest BCUT2D eigenvalue weighted by molar-refractivity contribution is 0.0990. The van der Waals surface area contributed by atoms with E-state index in [1.165, 1.54) is 18.2 Å². The number of nitrogens with zero attached hydrogens (tertiary/aromatic N) is 3. The molecule has 0 spiro atoms. The second-order valence-corrected chi connectivity index (χ2v) is 7.38. The highest BCUT2D eigenvalue weighted by molar-refractivity contribution is 7.85. The van der Waals surface area contributed by atoms with Crippen molar-refractivity contribution in [1.82, 2.24) is 9.97 Å². The van der Waals surface area contributed by atoms with Gasteiger partial charge in [0.25, 0.3) is 5.91 Å². The molecular formula is C20H20N4O3S. The number of hydrogen-bond acceptors (Lipinski definition) is 6. The third kappa shape index (κ3) is 3.72. The van der Waals surface area contributed by atoms with Crippen molar-refractivity contribution < 1.29 is 13.7 Å². The number of rotatable bonds is 5. The fraction of sp³-hybridized carbons (Fsp3) is 0.150. The van der Waals surface area contributed by atoms with E-state index in [2.05, 4.69) is 9.97 Å². The number of aryl methyl sites for hydroxylation is 1. The van der Waals surface area contributed by atoms with Gasteiger partial charge in [0, 0.05) is 7.05 Å². The van der Waals surface area contributed by atoms with Crippen LogP contribution in [0, 0.1) is 6.92 Å². The minimum Gasteiger partial charge on any atom is -0.495 e. The van der Waals surface area contributed by atoms with Gasteiger partial charge in [-0.1, -0.05) is 24.3 Å². The first-order chi connectivity index (χ1) is 13.4. The van der Waals surface area contributed by atoms with Gasteiger partial charge in [-0.25, -0.2) is 14.2 Å². The molecule has 7 nitrogen and oxygen atoms in total. The van der Waals surface area contributed by atoms with Crippen LogP contribution in [0.5, 0.6) is 5.75 Å². The summed E-state index contributed by atoms with van der Waals surface area (Å²) in [6.45, 7) is 1.72. The van der Waals surface area contributed by atoms with Gasteiger partial charge in [-0.3, -0.25) is 4.79 Å². The second kappa shape index (κ2) is 8.18. The van der Waals surface area contributed by atoms with Gasteiger partial charge in [0.1, 0.15) is 17.3 Å². The zero-order chi connectivity index (χ0) is 20.3. The van der Waals surface area contributed by atoms with Crippen molar-refractivity contribution in [3.8, 4) is 5.75 Å². The minimum absolute atomic E-state index is 0.201. The lowest BCUT2D eigenvalue weighted by Gasteiger charge is -2.20. The highest BCUT2D eigenvalue weighted by Crippen LogP contribution is 2.29. The summed E-state index contributed by atoms with van der Waals surface area (Å²) in [6, 6.07) is 13.8. The molecule has 0 radical (unpaired) electrons. The fourth-order valence-electron chi connectivity index (χ4n) is 2.73. The lowest BCUT2D eigenvalue weighted by Crippen LogP contribution is -2.28. The highest BCUT2D eigenvalue weighted by atomic mass is 32.2. The lowest BCUT2D eigenvalue weighted by atomic mass is 10.2. The SMILES string of the molecule is COc1ccccc1S(=O)c1ccccc1C(=O)N(C)c1cnc(C)nc1N. The molecule has 0 bridgehead atoms. The van der Waals surface area contributed by atoms with Crippen molar-refractivity contribution in [2.24, 2.45) is 0 Å². The maximum absolute atomic E-state index is 13.2. The van der Waals surface area contributed by atoms with Crippen LogP contribution in [0.1, 0.15) is 16.2 Å². The van der Waals surface area contributed by atoms with Gasteiger partial charge in [0.15, 0.2) is 5.82 Å². The molecular weight excluding hydrogens is 376 g/mol. The van der Waals surface area contributed by atoms with Crippen molar-refractivity contribution in [3.05, 3.63) is 66.1 Å². The van der Waals surface area contributed by atoms with Crippen molar-refractivity contribution in [3.63, 3.8) is 0 Å². The molecule has 1 amide bonds. The third-order valence-corrected chi connectivity index (χ3v) is 5.66. The molecule has 1 unspecified atom stereocenters. The van der Waals surface area contributed by atoms with Crippen molar-refractivity contribution in [2.45, 2.75) is 16.7 Å². The molecule has 0 aliphatic carbocycles. The number of ether oxygens (including phenoxy) is 1. The molecule has 2 aromatic carbocycles. The average Bonchev–Trinajstić information content (AvgIpc) is 2.72. The summed E-state index contributed by atoms with van der Waals surface area (Å²) < 4.78 is 18.5. The van der Waals surface area contributed by atoms with E-state index < -0.39 is 10.8 Å². The Morgan fingerprint density at radius 3 is 2.43 bits per heavy atom. The largest absolute Gasteiger partial charge is 0.495 e.